The van der Waals surface area contributed by atoms with E-state index in [1.807, 2.05) is 0 Å². The number of halogens is 2. The van der Waals surface area contributed by atoms with Crippen LogP contribution in [0.3, 0.4) is 0 Å². The van der Waals surface area contributed by atoms with E-state index >= 15 is 0 Å². The van der Waals surface area contributed by atoms with Crippen molar-refractivity contribution in [2.45, 2.75) is 32.1 Å². The third-order valence-corrected chi connectivity index (χ3v) is 6.38. The van der Waals surface area contributed by atoms with Crippen molar-refractivity contribution < 1.29 is 18.3 Å². The standard InChI is InChI=1S/C24H26F2N2O2/c1-16-3-6-22-19(13-16)18-7-9-27(2)10-8-23(18)28(22)15-24(29-11-12-30-24)20-5-4-17(25)14-21(20)26/h3-6,13-14H,7-12,15H2,1-2H3. The summed E-state index contributed by atoms with van der Waals surface area (Å²) in [6.45, 7) is 5.14. The van der Waals surface area contributed by atoms with Gasteiger partial charge >= 0.3 is 0 Å². The molecule has 30 heavy (non-hydrogen) atoms. The number of ether oxygens (including phenoxy) is 2. The molecular formula is C24H26F2N2O2. The molecule has 6 heteroatoms. The summed E-state index contributed by atoms with van der Waals surface area (Å²) >= 11 is 0. The number of aromatic nitrogens is 1. The highest BCUT2D eigenvalue weighted by Crippen LogP contribution is 2.39. The monoisotopic (exact) mass is 412 g/mol. The average Bonchev–Trinajstić information content (AvgIpc) is 3.22. The molecule has 1 saturated heterocycles. The summed E-state index contributed by atoms with van der Waals surface area (Å²) in [5.41, 5.74) is 5.17. The van der Waals surface area contributed by atoms with E-state index in [2.05, 4.69) is 41.6 Å². The molecule has 0 spiro atoms. The quantitative estimate of drug-likeness (QED) is 0.646. The molecule has 2 aliphatic rings. The summed E-state index contributed by atoms with van der Waals surface area (Å²) in [5.74, 6) is -2.51. The lowest BCUT2D eigenvalue weighted by Gasteiger charge is -2.30. The van der Waals surface area contributed by atoms with E-state index in [1.54, 1.807) is 0 Å². The minimum absolute atomic E-state index is 0.245. The van der Waals surface area contributed by atoms with Crippen LogP contribution in [0.1, 0.15) is 22.4 Å². The lowest BCUT2D eigenvalue weighted by atomic mass is 10.0. The fourth-order valence-electron chi connectivity index (χ4n) is 4.84. The minimum atomic E-state index is -1.26. The first-order valence-corrected chi connectivity index (χ1v) is 10.5. The molecule has 0 radical (unpaired) electrons. The predicted octanol–water partition coefficient (Wildman–Crippen LogP) is 4.16. The molecule has 1 aromatic heterocycles. The van der Waals surface area contributed by atoms with Gasteiger partial charge in [-0.05, 0) is 50.2 Å². The van der Waals surface area contributed by atoms with Crippen LogP contribution in [0.25, 0.3) is 10.9 Å². The summed E-state index contributed by atoms with van der Waals surface area (Å²) in [5, 5.41) is 1.24. The van der Waals surface area contributed by atoms with Crippen molar-refractivity contribution in [1.29, 1.82) is 0 Å². The van der Waals surface area contributed by atoms with Gasteiger partial charge in [-0.15, -0.1) is 0 Å². The van der Waals surface area contributed by atoms with Crippen LogP contribution in [0.5, 0.6) is 0 Å². The molecule has 3 aromatic rings. The van der Waals surface area contributed by atoms with E-state index < -0.39 is 17.4 Å². The highest BCUT2D eigenvalue weighted by molar-refractivity contribution is 5.86. The van der Waals surface area contributed by atoms with Gasteiger partial charge in [-0.3, -0.25) is 0 Å². The second-order valence-electron chi connectivity index (χ2n) is 8.41. The first kappa shape index (κ1) is 19.7. The average molecular weight is 412 g/mol. The molecule has 0 N–H and O–H groups in total. The molecule has 0 amide bonds. The van der Waals surface area contributed by atoms with Gasteiger partial charge in [0.1, 0.15) is 11.6 Å². The molecule has 5 rings (SSSR count). The van der Waals surface area contributed by atoms with Crippen LogP contribution in [-0.4, -0.2) is 42.8 Å². The molecule has 0 saturated carbocycles. The van der Waals surface area contributed by atoms with Gasteiger partial charge in [0.05, 0.1) is 19.8 Å². The van der Waals surface area contributed by atoms with Crippen LogP contribution in [0.4, 0.5) is 8.78 Å². The number of benzene rings is 2. The van der Waals surface area contributed by atoms with Crippen molar-refractivity contribution in [3.63, 3.8) is 0 Å². The third-order valence-electron chi connectivity index (χ3n) is 6.38. The molecule has 0 unspecified atom stereocenters. The summed E-state index contributed by atoms with van der Waals surface area (Å²) in [4.78, 5) is 2.34. The molecule has 158 valence electrons. The van der Waals surface area contributed by atoms with Gasteiger partial charge in [-0.25, -0.2) is 8.78 Å². The second kappa shape index (κ2) is 7.45. The van der Waals surface area contributed by atoms with Crippen molar-refractivity contribution >= 4 is 10.9 Å². The van der Waals surface area contributed by atoms with Gasteiger partial charge in [-0.1, -0.05) is 11.6 Å². The molecule has 2 aromatic carbocycles. The van der Waals surface area contributed by atoms with Crippen LogP contribution in [0, 0.1) is 18.6 Å². The van der Waals surface area contributed by atoms with Crippen molar-refractivity contribution in [3.8, 4) is 0 Å². The summed E-state index contributed by atoms with van der Waals surface area (Å²) in [6, 6.07) is 10.1. The Morgan fingerprint density at radius 2 is 1.77 bits per heavy atom. The number of likely N-dealkylation sites (N-methyl/N-ethyl adjacent to an activating group) is 1. The van der Waals surface area contributed by atoms with Gasteiger partial charge in [0, 0.05) is 47.7 Å². The molecule has 2 aliphatic heterocycles. The maximum Gasteiger partial charge on any atom is 0.216 e. The van der Waals surface area contributed by atoms with Crippen molar-refractivity contribution in [1.82, 2.24) is 9.47 Å². The Kier molecular flexibility index (Phi) is 4.88. The third kappa shape index (κ3) is 3.23. The fourth-order valence-corrected chi connectivity index (χ4v) is 4.84. The zero-order chi connectivity index (χ0) is 20.9. The topological polar surface area (TPSA) is 26.6 Å². The molecule has 0 aliphatic carbocycles. The number of hydrogen-bond acceptors (Lipinski definition) is 3. The fraction of sp³-hybridized carbons (Fsp3) is 0.417. The van der Waals surface area contributed by atoms with E-state index in [4.69, 9.17) is 9.47 Å². The Morgan fingerprint density at radius 1 is 1.00 bits per heavy atom. The van der Waals surface area contributed by atoms with Crippen LogP contribution in [-0.2, 0) is 34.6 Å². The molecule has 1 fully saturated rings. The molecular weight excluding hydrogens is 386 g/mol. The lowest BCUT2D eigenvalue weighted by molar-refractivity contribution is -0.177. The number of aryl methyl sites for hydroxylation is 1. The normalized spacial score (nSPS) is 19.2. The van der Waals surface area contributed by atoms with Crippen molar-refractivity contribution in [2.75, 3.05) is 33.4 Å². The van der Waals surface area contributed by atoms with Gasteiger partial charge in [0.15, 0.2) is 0 Å². The maximum atomic E-state index is 14.8. The Labute approximate surface area is 175 Å². The predicted molar refractivity (Wildman–Crippen MR) is 112 cm³/mol. The number of hydrogen-bond donors (Lipinski definition) is 0. The number of rotatable bonds is 3. The SMILES string of the molecule is Cc1ccc2c(c1)c1c(n2CC2(c3ccc(F)cc3F)OCCO2)CCN(C)CC1. The van der Waals surface area contributed by atoms with Gasteiger partial charge < -0.3 is 18.9 Å². The van der Waals surface area contributed by atoms with E-state index in [9.17, 15) is 8.78 Å². The second-order valence-corrected chi connectivity index (χ2v) is 8.41. The molecule has 4 nitrogen and oxygen atoms in total. The highest BCUT2D eigenvalue weighted by Gasteiger charge is 2.42. The van der Waals surface area contributed by atoms with Crippen LogP contribution in [0.2, 0.25) is 0 Å². The van der Waals surface area contributed by atoms with E-state index in [-0.39, 0.29) is 5.56 Å². The first-order chi connectivity index (χ1) is 14.5. The van der Waals surface area contributed by atoms with E-state index in [1.165, 1.54) is 34.3 Å². The van der Waals surface area contributed by atoms with Crippen molar-refractivity contribution in [2.24, 2.45) is 0 Å². The lowest BCUT2D eigenvalue weighted by Crippen LogP contribution is -2.34. The van der Waals surface area contributed by atoms with E-state index in [0.717, 1.165) is 37.5 Å². The Hall–Kier alpha value is -2.28. The Morgan fingerprint density at radius 3 is 2.53 bits per heavy atom. The Bertz CT molecular complexity index is 1100. The summed E-state index contributed by atoms with van der Waals surface area (Å²) < 4.78 is 42.6. The highest BCUT2D eigenvalue weighted by atomic mass is 19.1. The smallest absolute Gasteiger partial charge is 0.216 e. The summed E-state index contributed by atoms with van der Waals surface area (Å²) in [6.07, 6.45) is 1.87. The van der Waals surface area contributed by atoms with Gasteiger partial charge in [0.25, 0.3) is 0 Å². The van der Waals surface area contributed by atoms with Gasteiger partial charge in [-0.2, -0.15) is 0 Å². The van der Waals surface area contributed by atoms with Gasteiger partial charge in [0.2, 0.25) is 5.79 Å². The van der Waals surface area contributed by atoms with Crippen LogP contribution < -0.4 is 0 Å². The van der Waals surface area contributed by atoms with Crippen LogP contribution in [0.15, 0.2) is 36.4 Å². The maximum absolute atomic E-state index is 14.8. The molecule has 0 bridgehead atoms. The van der Waals surface area contributed by atoms with Crippen molar-refractivity contribution in [3.05, 3.63) is 70.4 Å². The zero-order valence-electron chi connectivity index (χ0n) is 17.4. The largest absolute Gasteiger partial charge is 0.342 e. The summed E-state index contributed by atoms with van der Waals surface area (Å²) in [7, 11) is 2.14. The number of nitrogens with zero attached hydrogens (tertiary/aromatic N) is 2. The van der Waals surface area contributed by atoms with E-state index in [0.29, 0.717) is 19.8 Å². The zero-order valence-corrected chi connectivity index (χ0v) is 17.4. The first-order valence-electron chi connectivity index (χ1n) is 10.5. The minimum Gasteiger partial charge on any atom is -0.342 e. The Balaban J connectivity index is 1.67. The molecule has 0 atom stereocenters. The number of fused-ring (bicyclic) bond motifs is 3. The molecule has 3 heterocycles. The van der Waals surface area contributed by atoms with Crippen LogP contribution >= 0.6 is 0 Å².